The number of esters is 1. The molecule has 1 N–H and O–H groups in total. The van der Waals surface area contributed by atoms with Crippen LogP contribution in [0.15, 0.2) is 18.2 Å². The van der Waals surface area contributed by atoms with Crippen molar-refractivity contribution < 1.29 is 9.53 Å². The first-order valence-electron chi connectivity index (χ1n) is 5.72. The lowest BCUT2D eigenvalue weighted by molar-refractivity contribution is -0.142. The van der Waals surface area contributed by atoms with Crippen LogP contribution in [0.1, 0.15) is 18.4 Å². The van der Waals surface area contributed by atoms with E-state index in [4.69, 9.17) is 16.3 Å². The van der Waals surface area contributed by atoms with Gasteiger partial charge in [-0.05, 0) is 43.4 Å². The molecule has 1 fully saturated rings. The van der Waals surface area contributed by atoms with Crippen molar-refractivity contribution in [2.24, 2.45) is 5.92 Å². The van der Waals surface area contributed by atoms with Gasteiger partial charge in [0, 0.05) is 0 Å². The lowest BCUT2D eigenvalue weighted by Gasteiger charge is -2.18. The van der Waals surface area contributed by atoms with Crippen molar-refractivity contribution in [2.75, 3.05) is 12.4 Å². The Kier molecular flexibility index (Phi) is 3.57. The molecule has 4 heteroatoms. The van der Waals surface area contributed by atoms with Crippen LogP contribution in [0.2, 0.25) is 5.02 Å². The predicted molar refractivity (Wildman–Crippen MR) is 68.3 cm³/mol. The van der Waals surface area contributed by atoms with Crippen molar-refractivity contribution in [3.63, 3.8) is 0 Å². The maximum Gasteiger partial charge on any atom is 0.328 e. The fraction of sp³-hybridized carbons (Fsp3) is 0.462. The number of benzene rings is 1. The zero-order valence-electron chi connectivity index (χ0n) is 10.00. The molecule has 0 aromatic heterocycles. The second-order valence-corrected chi connectivity index (χ2v) is 4.87. The van der Waals surface area contributed by atoms with Crippen LogP contribution in [0.4, 0.5) is 5.69 Å². The van der Waals surface area contributed by atoms with Gasteiger partial charge in [0.15, 0.2) is 0 Å². The van der Waals surface area contributed by atoms with E-state index in [2.05, 4.69) is 5.32 Å². The molecular weight excluding hydrogens is 238 g/mol. The van der Waals surface area contributed by atoms with Crippen LogP contribution in [0.25, 0.3) is 0 Å². The third-order valence-electron chi connectivity index (χ3n) is 2.98. The first kappa shape index (κ1) is 12.2. The smallest absolute Gasteiger partial charge is 0.328 e. The summed E-state index contributed by atoms with van der Waals surface area (Å²) < 4.78 is 4.80. The van der Waals surface area contributed by atoms with Crippen LogP contribution in [0.5, 0.6) is 0 Å². The molecule has 0 heterocycles. The fourth-order valence-electron chi connectivity index (χ4n) is 1.83. The number of ether oxygens (including phenoxy) is 1. The Morgan fingerprint density at radius 1 is 1.53 bits per heavy atom. The highest BCUT2D eigenvalue weighted by Gasteiger charge is 2.37. The molecule has 0 aliphatic heterocycles. The summed E-state index contributed by atoms with van der Waals surface area (Å²) in [5.41, 5.74) is 1.89. The maximum atomic E-state index is 11.6. The van der Waals surface area contributed by atoms with Crippen molar-refractivity contribution in [2.45, 2.75) is 25.8 Å². The van der Waals surface area contributed by atoms with Crippen LogP contribution < -0.4 is 5.32 Å². The molecule has 92 valence electrons. The van der Waals surface area contributed by atoms with Gasteiger partial charge in [-0.15, -0.1) is 0 Å². The quantitative estimate of drug-likeness (QED) is 0.839. The Morgan fingerprint density at radius 3 is 2.76 bits per heavy atom. The van der Waals surface area contributed by atoms with Crippen molar-refractivity contribution in [1.29, 1.82) is 0 Å². The van der Waals surface area contributed by atoms with Gasteiger partial charge in [0.1, 0.15) is 6.04 Å². The minimum Gasteiger partial charge on any atom is -0.467 e. The molecule has 3 nitrogen and oxygen atoms in total. The Hall–Kier alpha value is -1.22. The third-order valence-corrected chi connectivity index (χ3v) is 3.30. The molecule has 0 spiro atoms. The van der Waals surface area contributed by atoms with E-state index >= 15 is 0 Å². The molecule has 0 saturated heterocycles. The van der Waals surface area contributed by atoms with E-state index in [9.17, 15) is 4.79 Å². The molecule has 1 aromatic rings. The Bertz CT molecular complexity index is 429. The van der Waals surface area contributed by atoms with E-state index in [1.807, 2.05) is 25.1 Å². The number of hydrogen-bond acceptors (Lipinski definition) is 3. The van der Waals surface area contributed by atoms with Gasteiger partial charge in [0.25, 0.3) is 0 Å². The number of methoxy groups -OCH3 is 1. The van der Waals surface area contributed by atoms with E-state index in [0.717, 1.165) is 24.1 Å². The monoisotopic (exact) mass is 253 g/mol. The van der Waals surface area contributed by atoms with Crippen molar-refractivity contribution in [3.8, 4) is 0 Å². The first-order valence-corrected chi connectivity index (χ1v) is 6.10. The largest absolute Gasteiger partial charge is 0.467 e. The molecule has 1 saturated carbocycles. The molecule has 1 aromatic carbocycles. The molecule has 1 atom stereocenters. The third kappa shape index (κ3) is 2.91. The van der Waals surface area contributed by atoms with Gasteiger partial charge < -0.3 is 10.1 Å². The standard InChI is InChI=1S/C13H16ClNO2/c1-8-3-6-11(10(14)7-8)15-12(9-4-5-9)13(16)17-2/h3,6-7,9,12,15H,4-5H2,1-2H3. The molecule has 2 rings (SSSR count). The molecule has 0 bridgehead atoms. The Morgan fingerprint density at radius 2 is 2.24 bits per heavy atom. The summed E-state index contributed by atoms with van der Waals surface area (Å²) >= 11 is 6.13. The van der Waals surface area contributed by atoms with E-state index in [1.54, 1.807) is 0 Å². The Balaban J connectivity index is 2.14. The van der Waals surface area contributed by atoms with Gasteiger partial charge in [0.05, 0.1) is 17.8 Å². The number of halogens is 1. The lowest BCUT2D eigenvalue weighted by Crippen LogP contribution is -2.32. The van der Waals surface area contributed by atoms with Crippen molar-refractivity contribution >= 4 is 23.3 Å². The van der Waals surface area contributed by atoms with Crippen LogP contribution in [0, 0.1) is 12.8 Å². The van der Waals surface area contributed by atoms with Gasteiger partial charge in [-0.25, -0.2) is 4.79 Å². The van der Waals surface area contributed by atoms with E-state index in [-0.39, 0.29) is 12.0 Å². The zero-order chi connectivity index (χ0) is 12.4. The SMILES string of the molecule is COC(=O)C(Nc1ccc(C)cc1Cl)C1CC1. The average molecular weight is 254 g/mol. The van der Waals surface area contributed by atoms with Crippen LogP contribution in [0.3, 0.4) is 0 Å². The summed E-state index contributed by atoms with van der Waals surface area (Å²) in [6, 6.07) is 5.47. The normalized spacial score (nSPS) is 16.4. The minimum atomic E-state index is -0.278. The van der Waals surface area contributed by atoms with Crippen LogP contribution in [-0.2, 0) is 9.53 Å². The molecule has 0 radical (unpaired) electrons. The highest BCUT2D eigenvalue weighted by Crippen LogP contribution is 2.36. The molecular formula is C13H16ClNO2. The summed E-state index contributed by atoms with van der Waals surface area (Å²) in [5.74, 6) is 0.156. The summed E-state index contributed by atoms with van der Waals surface area (Å²) in [4.78, 5) is 11.6. The van der Waals surface area contributed by atoms with Gasteiger partial charge >= 0.3 is 5.97 Å². The van der Waals surface area contributed by atoms with Gasteiger partial charge in [-0.1, -0.05) is 17.7 Å². The maximum absolute atomic E-state index is 11.6. The first-order chi connectivity index (χ1) is 8.11. The van der Waals surface area contributed by atoms with E-state index in [1.165, 1.54) is 7.11 Å². The summed E-state index contributed by atoms with van der Waals surface area (Å²) in [6.45, 7) is 1.98. The number of carbonyl (C=O) groups is 1. The zero-order valence-corrected chi connectivity index (χ0v) is 10.8. The highest BCUT2D eigenvalue weighted by molar-refractivity contribution is 6.33. The number of rotatable bonds is 4. The average Bonchev–Trinajstić information content (AvgIpc) is 3.11. The molecule has 1 aliphatic carbocycles. The number of carbonyl (C=O) groups excluding carboxylic acids is 1. The second-order valence-electron chi connectivity index (χ2n) is 4.47. The number of aryl methyl sites for hydroxylation is 1. The van der Waals surface area contributed by atoms with E-state index < -0.39 is 0 Å². The predicted octanol–water partition coefficient (Wildman–Crippen LogP) is 3.01. The number of hydrogen-bond donors (Lipinski definition) is 1. The Labute approximate surface area is 106 Å². The van der Waals surface area contributed by atoms with Gasteiger partial charge in [-0.3, -0.25) is 0 Å². The second kappa shape index (κ2) is 4.96. The van der Waals surface area contributed by atoms with Gasteiger partial charge in [-0.2, -0.15) is 0 Å². The topological polar surface area (TPSA) is 38.3 Å². The lowest BCUT2D eigenvalue weighted by atomic mass is 10.1. The summed E-state index contributed by atoms with van der Waals surface area (Å²) in [6.07, 6.45) is 2.13. The molecule has 1 aliphatic rings. The molecule has 17 heavy (non-hydrogen) atoms. The minimum absolute atomic E-state index is 0.218. The summed E-state index contributed by atoms with van der Waals surface area (Å²) in [7, 11) is 1.41. The van der Waals surface area contributed by atoms with Crippen molar-refractivity contribution in [3.05, 3.63) is 28.8 Å². The number of anilines is 1. The van der Waals surface area contributed by atoms with Crippen LogP contribution >= 0.6 is 11.6 Å². The molecule has 1 unspecified atom stereocenters. The van der Waals surface area contributed by atoms with E-state index in [0.29, 0.717) is 10.9 Å². The molecule has 0 amide bonds. The number of nitrogens with one attached hydrogen (secondary N) is 1. The van der Waals surface area contributed by atoms with Crippen LogP contribution in [-0.4, -0.2) is 19.1 Å². The highest BCUT2D eigenvalue weighted by atomic mass is 35.5. The van der Waals surface area contributed by atoms with Gasteiger partial charge in [0.2, 0.25) is 0 Å². The fourth-order valence-corrected chi connectivity index (χ4v) is 2.12. The van der Waals surface area contributed by atoms with Crippen molar-refractivity contribution in [1.82, 2.24) is 0 Å². The summed E-state index contributed by atoms with van der Waals surface area (Å²) in [5, 5.41) is 3.82.